The molecule has 0 aromatic carbocycles. The molecule has 0 radical (unpaired) electrons. The first-order valence-corrected chi connectivity index (χ1v) is 8.31. The van der Waals surface area contributed by atoms with Crippen LogP contribution in [0.15, 0.2) is 6.20 Å². The summed E-state index contributed by atoms with van der Waals surface area (Å²) in [6.45, 7) is 8.97. The molecule has 1 aliphatic heterocycles. The van der Waals surface area contributed by atoms with Crippen molar-refractivity contribution in [3.8, 4) is 0 Å². The van der Waals surface area contributed by atoms with Crippen LogP contribution < -0.4 is 5.73 Å². The summed E-state index contributed by atoms with van der Waals surface area (Å²) in [5.74, 6) is 0.0604. The molecule has 124 valence electrons. The lowest BCUT2D eigenvalue weighted by molar-refractivity contribution is -0.136. The van der Waals surface area contributed by atoms with Gasteiger partial charge in [0, 0.05) is 38.9 Å². The predicted octanol–water partition coefficient (Wildman–Crippen LogP) is 0.285. The molecule has 0 aliphatic carbocycles. The van der Waals surface area contributed by atoms with Crippen LogP contribution in [0, 0.1) is 0 Å². The summed E-state index contributed by atoms with van der Waals surface area (Å²) < 4.78 is 1.64. The van der Waals surface area contributed by atoms with Crippen LogP contribution in [0.25, 0.3) is 0 Å². The summed E-state index contributed by atoms with van der Waals surface area (Å²) in [4.78, 5) is 16.9. The molecule has 1 saturated heterocycles. The number of amides is 1. The van der Waals surface area contributed by atoms with Crippen molar-refractivity contribution in [3.63, 3.8) is 0 Å². The summed E-state index contributed by atoms with van der Waals surface area (Å²) in [5.41, 5.74) is 6.76. The van der Waals surface area contributed by atoms with Gasteiger partial charge in [-0.25, -0.2) is 4.68 Å². The summed E-state index contributed by atoms with van der Waals surface area (Å²) >= 11 is 0. The molecule has 1 atom stereocenters. The molecule has 1 aromatic rings. The molecule has 1 aromatic heterocycles. The number of nitrogens with zero attached hydrogens (tertiary/aromatic N) is 5. The number of carbonyl (C=O) groups excluding carboxylic acids is 1. The highest BCUT2D eigenvalue weighted by Gasteiger charge is 2.28. The van der Waals surface area contributed by atoms with Gasteiger partial charge in [-0.3, -0.25) is 4.79 Å². The topological polar surface area (TPSA) is 80.3 Å². The van der Waals surface area contributed by atoms with Gasteiger partial charge in [-0.1, -0.05) is 25.5 Å². The molecular formula is C15H28N6O. The molecule has 2 heterocycles. The number of hydrogen-bond acceptors (Lipinski definition) is 5. The minimum absolute atomic E-state index is 0.0604. The Kier molecular flexibility index (Phi) is 6.33. The van der Waals surface area contributed by atoms with Gasteiger partial charge >= 0.3 is 0 Å². The van der Waals surface area contributed by atoms with Crippen molar-refractivity contribution in [1.29, 1.82) is 0 Å². The lowest BCUT2D eigenvalue weighted by Crippen LogP contribution is -2.51. The molecule has 0 unspecified atom stereocenters. The van der Waals surface area contributed by atoms with Crippen molar-refractivity contribution in [1.82, 2.24) is 24.8 Å². The second kappa shape index (κ2) is 8.24. The molecular weight excluding hydrogens is 280 g/mol. The highest BCUT2D eigenvalue weighted by atomic mass is 16.2. The highest BCUT2D eigenvalue weighted by molar-refractivity contribution is 5.80. The van der Waals surface area contributed by atoms with E-state index in [1.807, 2.05) is 11.1 Å². The highest BCUT2D eigenvalue weighted by Crippen LogP contribution is 2.12. The molecule has 1 amide bonds. The third-order valence-electron chi connectivity index (χ3n) is 4.30. The summed E-state index contributed by atoms with van der Waals surface area (Å²) in [6.07, 6.45) is 4.97. The molecule has 1 fully saturated rings. The Bertz CT molecular complexity index is 466. The van der Waals surface area contributed by atoms with Crippen molar-refractivity contribution in [2.45, 2.75) is 39.2 Å². The first-order valence-electron chi connectivity index (χ1n) is 8.31. The largest absolute Gasteiger partial charge is 0.338 e. The first kappa shape index (κ1) is 16.9. The van der Waals surface area contributed by atoms with E-state index < -0.39 is 6.04 Å². The average molecular weight is 308 g/mol. The lowest BCUT2D eigenvalue weighted by Gasteiger charge is -2.35. The van der Waals surface area contributed by atoms with E-state index in [9.17, 15) is 4.79 Å². The summed E-state index contributed by atoms with van der Waals surface area (Å²) in [5, 5.41) is 8.27. The van der Waals surface area contributed by atoms with Crippen molar-refractivity contribution in [2.24, 2.45) is 5.73 Å². The van der Waals surface area contributed by atoms with Gasteiger partial charge in [-0.05, 0) is 19.4 Å². The number of piperazine rings is 1. The maximum absolute atomic E-state index is 12.7. The van der Waals surface area contributed by atoms with Crippen LogP contribution in [0.2, 0.25) is 0 Å². The normalized spacial score (nSPS) is 17.7. The standard InChI is InChI=1S/C15H28N6O/c1-3-5-6-13-12-21(18-17-13)14(11-16)15(22)20-9-7-19(4-2)8-10-20/h12,14H,3-11,16H2,1-2H3/t14-/m0/s1. The number of likely N-dealkylation sites (N-methyl/N-ethyl adjacent to an activating group) is 1. The fraction of sp³-hybridized carbons (Fsp3) is 0.800. The van der Waals surface area contributed by atoms with Crippen LogP contribution >= 0.6 is 0 Å². The summed E-state index contributed by atoms with van der Waals surface area (Å²) in [6, 6.07) is -0.434. The molecule has 2 N–H and O–H groups in total. The van der Waals surface area contributed by atoms with E-state index in [0.29, 0.717) is 0 Å². The van der Waals surface area contributed by atoms with E-state index in [2.05, 4.69) is 29.1 Å². The van der Waals surface area contributed by atoms with Crippen molar-refractivity contribution in [3.05, 3.63) is 11.9 Å². The van der Waals surface area contributed by atoms with Crippen molar-refractivity contribution >= 4 is 5.91 Å². The van der Waals surface area contributed by atoms with E-state index in [-0.39, 0.29) is 12.5 Å². The maximum Gasteiger partial charge on any atom is 0.248 e. The first-order chi connectivity index (χ1) is 10.7. The molecule has 7 heteroatoms. The van der Waals surface area contributed by atoms with Crippen molar-refractivity contribution in [2.75, 3.05) is 39.3 Å². The minimum atomic E-state index is -0.434. The van der Waals surface area contributed by atoms with Gasteiger partial charge < -0.3 is 15.5 Å². The Morgan fingerprint density at radius 3 is 2.64 bits per heavy atom. The molecule has 22 heavy (non-hydrogen) atoms. The molecule has 0 bridgehead atoms. The van der Waals surface area contributed by atoms with Crippen LogP contribution in [0.5, 0.6) is 0 Å². The zero-order valence-electron chi connectivity index (χ0n) is 13.7. The Morgan fingerprint density at radius 2 is 2.05 bits per heavy atom. The molecule has 7 nitrogen and oxygen atoms in total. The Morgan fingerprint density at radius 1 is 1.32 bits per heavy atom. The Balaban J connectivity index is 1.98. The number of nitrogens with two attached hydrogens (primary N) is 1. The third-order valence-corrected chi connectivity index (χ3v) is 4.30. The van der Waals surface area contributed by atoms with Gasteiger partial charge in [-0.15, -0.1) is 5.10 Å². The number of aryl methyl sites for hydroxylation is 1. The third kappa shape index (κ3) is 4.04. The van der Waals surface area contributed by atoms with Gasteiger partial charge in [0.2, 0.25) is 5.91 Å². The molecule has 0 saturated carbocycles. The van der Waals surface area contributed by atoms with Crippen LogP contribution in [-0.2, 0) is 11.2 Å². The average Bonchev–Trinajstić information content (AvgIpc) is 3.02. The zero-order chi connectivity index (χ0) is 15.9. The van der Waals surface area contributed by atoms with E-state index in [1.54, 1.807) is 4.68 Å². The Labute approximate surface area is 132 Å². The van der Waals surface area contributed by atoms with E-state index in [4.69, 9.17) is 5.73 Å². The zero-order valence-corrected chi connectivity index (χ0v) is 13.7. The van der Waals surface area contributed by atoms with E-state index in [1.165, 1.54) is 0 Å². The van der Waals surface area contributed by atoms with Crippen LogP contribution in [0.3, 0.4) is 0 Å². The van der Waals surface area contributed by atoms with Gasteiger partial charge in [0.25, 0.3) is 0 Å². The van der Waals surface area contributed by atoms with Crippen LogP contribution in [0.4, 0.5) is 0 Å². The second-order valence-corrected chi connectivity index (χ2v) is 5.80. The molecule has 1 aliphatic rings. The number of rotatable bonds is 7. The number of hydrogen-bond donors (Lipinski definition) is 1. The lowest BCUT2D eigenvalue weighted by atomic mass is 10.2. The number of aromatic nitrogens is 3. The van der Waals surface area contributed by atoms with Crippen molar-refractivity contribution < 1.29 is 4.79 Å². The second-order valence-electron chi connectivity index (χ2n) is 5.80. The van der Waals surface area contributed by atoms with Gasteiger partial charge in [0.15, 0.2) is 0 Å². The smallest absolute Gasteiger partial charge is 0.248 e. The van der Waals surface area contributed by atoms with Crippen LogP contribution in [0.1, 0.15) is 38.4 Å². The maximum atomic E-state index is 12.7. The summed E-state index contributed by atoms with van der Waals surface area (Å²) in [7, 11) is 0. The van der Waals surface area contributed by atoms with E-state index >= 15 is 0 Å². The van der Waals surface area contributed by atoms with Gasteiger partial charge in [0.05, 0.1) is 5.69 Å². The monoisotopic (exact) mass is 308 g/mol. The van der Waals surface area contributed by atoms with Gasteiger partial charge in [-0.2, -0.15) is 0 Å². The van der Waals surface area contributed by atoms with Crippen LogP contribution in [-0.4, -0.2) is 70.0 Å². The fourth-order valence-corrected chi connectivity index (χ4v) is 2.76. The Hall–Kier alpha value is -1.47. The number of carbonyl (C=O) groups is 1. The minimum Gasteiger partial charge on any atom is -0.338 e. The SMILES string of the molecule is CCCCc1cn([C@@H](CN)C(=O)N2CCN(CC)CC2)nn1. The number of unbranched alkanes of at least 4 members (excludes halogenated alkanes) is 1. The van der Waals surface area contributed by atoms with Gasteiger partial charge in [0.1, 0.15) is 6.04 Å². The van der Waals surface area contributed by atoms with E-state index in [0.717, 1.165) is 57.7 Å². The fourth-order valence-electron chi connectivity index (χ4n) is 2.76. The molecule has 2 rings (SSSR count). The molecule has 0 spiro atoms. The quantitative estimate of drug-likeness (QED) is 0.783. The predicted molar refractivity (Wildman–Crippen MR) is 85.4 cm³/mol.